The molecule has 178 valence electrons. The smallest absolute Gasteiger partial charge is 0.250 e. The third-order valence-corrected chi connectivity index (χ3v) is 10.8. The van der Waals surface area contributed by atoms with E-state index >= 15 is 0 Å². The zero-order valence-electron chi connectivity index (χ0n) is 20.9. The number of nitrogens with one attached hydrogen (secondary N) is 1. The molecule has 0 spiro atoms. The number of Topliss-reactive ketones (excluding diaryl/α,β-unsaturated/α-hetero) is 1. The van der Waals surface area contributed by atoms with Crippen LogP contribution in [0.25, 0.3) is 0 Å². The second-order valence-corrected chi connectivity index (χ2v) is 14.9. The summed E-state index contributed by atoms with van der Waals surface area (Å²) in [5.41, 5.74) is 3.05. The number of carbonyl (C=O) groups excluding carboxylic acids is 2. The first-order valence-electron chi connectivity index (χ1n) is 11.8. The highest BCUT2D eigenvalue weighted by Crippen LogP contribution is 2.38. The third-order valence-electron chi connectivity index (χ3n) is 6.44. The van der Waals surface area contributed by atoms with Gasteiger partial charge in [0.25, 0.3) is 0 Å². The van der Waals surface area contributed by atoms with Gasteiger partial charge in [-0.1, -0.05) is 81.4 Å². The first-order valence-corrected chi connectivity index (χ1v) is 14.7. The Hall–Kier alpha value is -3.18. The van der Waals surface area contributed by atoms with Crippen molar-refractivity contribution >= 4 is 25.7 Å². The Bertz CT molecular complexity index is 1120. The second-order valence-electron chi connectivity index (χ2n) is 10.2. The fourth-order valence-corrected chi connectivity index (χ4v) is 4.39. The molecule has 1 N–H and O–H groups in total. The third kappa shape index (κ3) is 6.91. The van der Waals surface area contributed by atoms with E-state index in [0.717, 1.165) is 11.1 Å². The molecule has 1 amide bonds. The van der Waals surface area contributed by atoms with Gasteiger partial charge in [-0.15, -0.1) is 0 Å². The van der Waals surface area contributed by atoms with E-state index in [2.05, 4.69) is 39.2 Å². The lowest BCUT2D eigenvalue weighted by molar-refractivity contribution is -0.116. The van der Waals surface area contributed by atoms with Gasteiger partial charge in [-0.3, -0.25) is 9.59 Å². The van der Waals surface area contributed by atoms with Crippen molar-refractivity contribution in [1.82, 2.24) is 0 Å². The number of hydrogen-bond acceptors (Lipinski definition) is 3. The molecule has 34 heavy (non-hydrogen) atoms. The minimum atomic E-state index is -2.08. The van der Waals surface area contributed by atoms with Crippen molar-refractivity contribution in [3.63, 3.8) is 0 Å². The highest BCUT2D eigenvalue weighted by Gasteiger charge is 2.39. The van der Waals surface area contributed by atoms with Crippen molar-refractivity contribution in [2.75, 3.05) is 5.32 Å². The van der Waals surface area contributed by atoms with E-state index < -0.39 is 8.32 Å². The van der Waals surface area contributed by atoms with Gasteiger partial charge in [-0.05, 0) is 53.9 Å². The van der Waals surface area contributed by atoms with Crippen molar-refractivity contribution < 1.29 is 14.0 Å². The molecule has 0 bridgehead atoms. The first-order chi connectivity index (χ1) is 16.0. The van der Waals surface area contributed by atoms with E-state index in [1.54, 1.807) is 12.1 Å². The van der Waals surface area contributed by atoms with Gasteiger partial charge >= 0.3 is 0 Å². The molecule has 0 aromatic heterocycles. The second kappa shape index (κ2) is 10.8. The van der Waals surface area contributed by atoms with E-state index in [1.807, 2.05) is 66.7 Å². The zero-order valence-corrected chi connectivity index (χ0v) is 21.9. The summed E-state index contributed by atoms with van der Waals surface area (Å²) in [5.74, 6) is 0.506. The fourth-order valence-electron chi connectivity index (χ4n) is 3.37. The highest BCUT2D eigenvalue weighted by atomic mass is 28.4. The van der Waals surface area contributed by atoms with Gasteiger partial charge in [0.15, 0.2) is 5.78 Å². The summed E-state index contributed by atoms with van der Waals surface area (Å²) in [4.78, 5) is 26.0. The Morgan fingerprint density at radius 1 is 0.853 bits per heavy atom. The Morgan fingerprint density at radius 3 is 2.03 bits per heavy atom. The first kappa shape index (κ1) is 25.4. The van der Waals surface area contributed by atoms with E-state index in [9.17, 15) is 9.59 Å². The predicted octanol–water partition coefficient (Wildman–Crippen LogP) is 7.07. The topological polar surface area (TPSA) is 55.4 Å². The van der Waals surface area contributed by atoms with Crippen LogP contribution in [0.3, 0.4) is 0 Å². The molecule has 0 radical (unpaired) electrons. The summed E-state index contributed by atoms with van der Waals surface area (Å²) in [6.07, 6.45) is 1.25. The maximum Gasteiger partial charge on any atom is 0.250 e. The minimum Gasteiger partial charge on any atom is -0.543 e. The molecule has 0 aliphatic heterocycles. The molecule has 0 saturated heterocycles. The summed E-state index contributed by atoms with van der Waals surface area (Å²) in [5, 5.41) is 3.00. The van der Waals surface area contributed by atoms with E-state index in [0.29, 0.717) is 29.8 Å². The van der Waals surface area contributed by atoms with Crippen LogP contribution < -0.4 is 9.74 Å². The molecule has 3 rings (SSSR count). The lowest BCUT2D eigenvalue weighted by Gasteiger charge is -2.36. The molecule has 0 aliphatic carbocycles. The molecular formula is C29H35NO3Si. The Balaban J connectivity index is 1.83. The van der Waals surface area contributed by atoms with Crippen LogP contribution in [0.4, 0.5) is 5.69 Å². The quantitative estimate of drug-likeness (QED) is 0.267. The van der Waals surface area contributed by atoms with Gasteiger partial charge in [-0.25, -0.2) is 0 Å². The molecule has 0 aliphatic rings. The van der Waals surface area contributed by atoms with Crippen LogP contribution in [0.5, 0.6) is 5.75 Å². The number of anilines is 1. The maximum atomic E-state index is 13.3. The average molecular weight is 474 g/mol. The number of hydrogen-bond donors (Lipinski definition) is 1. The highest BCUT2D eigenvalue weighted by molar-refractivity contribution is 6.74. The number of amides is 1. The molecule has 3 aromatic carbocycles. The monoisotopic (exact) mass is 473 g/mol. The zero-order chi connectivity index (χ0) is 24.8. The van der Waals surface area contributed by atoms with Crippen LogP contribution in [0, 0.1) is 0 Å². The van der Waals surface area contributed by atoms with Crippen LogP contribution >= 0.6 is 0 Å². The largest absolute Gasteiger partial charge is 0.543 e. The normalized spacial score (nSPS) is 11.7. The lowest BCUT2D eigenvalue weighted by Crippen LogP contribution is -2.43. The fraction of sp³-hybridized carbons (Fsp3) is 0.310. The summed E-state index contributed by atoms with van der Waals surface area (Å²) >= 11 is 0. The van der Waals surface area contributed by atoms with Crippen molar-refractivity contribution in [2.45, 2.75) is 58.2 Å². The lowest BCUT2D eigenvalue weighted by atomic mass is 10.0. The standard InChI is InChI=1S/C29H35NO3Si/c1-29(2,3)34(4,5)33-24-17-18-26(30-28(32)19-16-22-12-8-6-9-13-22)25(21-24)27(31)20-23-14-10-7-11-15-23/h6-15,17-18,21H,16,19-20H2,1-5H3,(H,30,32). The number of aryl methyl sites for hydroxylation is 1. The van der Waals surface area contributed by atoms with Crippen LogP contribution in [0.1, 0.15) is 48.7 Å². The van der Waals surface area contributed by atoms with Crippen molar-refractivity contribution in [3.05, 3.63) is 95.6 Å². The van der Waals surface area contributed by atoms with Gasteiger partial charge in [0, 0.05) is 18.4 Å². The Morgan fingerprint density at radius 2 is 1.44 bits per heavy atom. The molecule has 4 nitrogen and oxygen atoms in total. The number of rotatable bonds is 9. The van der Waals surface area contributed by atoms with Crippen molar-refractivity contribution in [3.8, 4) is 5.75 Å². The van der Waals surface area contributed by atoms with Crippen LogP contribution in [0.2, 0.25) is 18.1 Å². The van der Waals surface area contributed by atoms with Gasteiger partial charge in [-0.2, -0.15) is 0 Å². The summed E-state index contributed by atoms with van der Waals surface area (Å²) < 4.78 is 6.45. The van der Waals surface area contributed by atoms with Crippen LogP contribution in [0.15, 0.2) is 78.9 Å². The van der Waals surface area contributed by atoms with E-state index in [4.69, 9.17) is 4.43 Å². The molecule has 0 unspecified atom stereocenters. The summed E-state index contributed by atoms with van der Waals surface area (Å²) in [6.45, 7) is 10.9. The molecular weight excluding hydrogens is 438 g/mol. The van der Waals surface area contributed by atoms with Crippen LogP contribution in [-0.4, -0.2) is 20.0 Å². The average Bonchev–Trinajstić information content (AvgIpc) is 2.79. The molecule has 3 aromatic rings. The van der Waals surface area contributed by atoms with E-state index in [-0.39, 0.29) is 23.1 Å². The maximum absolute atomic E-state index is 13.3. The van der Waals surface area contributed by atoms with Gasteiger partial charge in [0.05, 0.1) is 5.69 Å². The SMILES string of the molecule is CC(C)(C)[Si](C)(C)Oc1ccc(NC(=O)CCc2ccccc2)c(C(=O)Cc2ccccc2)c1. The number of benzene rings is 3. The number of carbonyl (C=O) groups is 2. The van der Waals surface area contributed by atoms with Crippen molar-refractivity contribution in [2.24, 2.45) is 0 Å². The molecule has 0 saturated carbocycles. The summed E-state index contributed by atoms with van der Waals surface area (Å²) in [7, 11) is -2.08. The summed E-state index contributed by atoms with van der Waals surface area (Å²) in [6, 6.07) is 25.0. The van der Waals surface area contributed by atoms with Crippen LogP contribution in [-0.2, 0) is 17.6 Å². The molecule has 0 atom stereocenters. The molecule has 0 heterocycles. The number of ketones is 1. The van der Waals surface area contributed by atoms with Gasteiger partial charge in [0.2, 0.25) is 14.2 Å². The minimum absolute atomic E-state index is 0.0333. The Labute approximate surface area is 204 Å². The van der Waals surface area contributed by atoms with Gasteiger partial charge in [0.1, 0.15) is 5.75 Å². The Kier molecular flexibility index (Phi) is 8.10. The molecule has 5 heteroatoms. The van der Waals surface area contributed by atoms with Gasteiger partial charge < -0.3 is 9.74 Å². The van der Waals surface area contributed by atoms with Crippen molar-refractivity contribution in [1.29, 1.82) is 0 Å². The predicted molar refractivity (Wildman–Crippen MR) is 142 cm³/mol. The van der Waals surface area contributed by atoms with E-state index in [1.165, 1.54) is 0 Å². The molecule has 0 fully saturated rings.